The SMILES string of the molecule is NC1(c2ccc(-c3oc4cnccc4c3I)cc2)CCC1. The van der Waals surface area contributed by atoms with Gasteiger partial charge in [-0.15, -0.1) is 0 Å². The Morgan fingerprint density at radius 3 is 2.52 bits per heavy atom. The van der Waals surface area contributed by atoms with Gasteiger partial charge in [-0.05, 0) is 53.5 Å². The van der Waals surface area contributed by atoms with Crippen molar-refractivity contribution in [2.45, 2.75) is 24.8 Å². The van der Waals surface area contributed by atoms with Crippen molar-refractivity contribution in [3.63, 3.8) is 0 Å². The molecule has 0 saturated heterocycles. The predicted molar refractivity (Wildman–Crippen MR) is 91.9 cm³/mol. The second-order valence-corrected chi connectivity index (χ2v) is 6.78. The molecule has 0 aliphatic heterocycles. The highest BCUT2D eigenvalue weighted by atomic mass is 127. The maximum atomic E-state index is 6.37. The fraction of sp³-hybridized carbons (Fsp3) is 0.235. The minimum Gasteiger partial charge on any atom is -0.453 e. The van der Waals surface area contributed by atoms with Crippen LogP contribution in [0.5, 0.6) is 0 Å². The molecule has 0 atom stereocenters. The van der Waals surface area contributed by atoms with Crippen LogP contribution in [-0.2, 0) is 5.54 Å². The standard InChI is InChI=1S/C17H15IN2O/c18-15-13-6-9-20-10-14(13)21-16(15)11-2-4-12(5-3-11)17(19)7-1-8-17/h2-6,9-10H,1,7-8,19H2. The Bertz CT molecular complexity index is 803. The molecule has 0 amide bonds. The largest absolute Gasteiger partial charge is 0.453 e. The molecule has 1 saturated carbocycles. The lowest BCUT2D eigenvalue weighted by molar-refractivity contribution is 0.253. The Balaban J connectivity index is 1.76. The number of rotatable bonds is 2. The second-order valence-electron chi connectivity index (χ2n) is 5.70. The number of halogens is 1. The molecule has 2 heterocycles. The highest BCUT2D eigenvalue weighted by Gasteiger charge is 2.34. The molecular formula is C17H15IN2O. The summed E-state index contributed by atoms with van der Waals surface area (Å²) in [6.07, 6.45) is 6.95. The van der Waals surface area contributed by atoms with Crippen LogP contribution in [0.1, 0.15) is 24.8 Å². The number of furan rings is 1. The fourth-order valence-corrected chi connectivity index (χ4v) is 3.77. The average molecular weight is 390 g/mol. The monoisotopic (exact) mass is 390 g/mol. The van der Waals surface area contributed by atoms with Crippen molar-refractivity contribution >= 4 is 33.6 Å². The lowest BCUT2D eigenvalue weighted by atomic mass is 9.73. The maximum Gasteiger partial charge on any atom is 0.154 e. The van der Waals surface area contributed by atoms with Crippen molar-refractivity contribution in [3.05, 3.63) is 51.9 Å². The first-order valence-corrected chi connectivity index (χ1v) is 8.17. The van der Waals surface area contributed by atoms with E-state index in [1.54, 1.807) is 12.4 Å². The molecule has 3 aromatic rings. The molecule has 0 spiro atoms. The quantitative estimate of drug-likeness (QED) is 0.659. The molecule has 4 heteroatoms. The number of hydrogen-bond acceptors (Lipinski definition) is 3. The van der Waals surface area contributed by atoms with E-state index in [0.717, 1.165) is 38.7 Å². The molecule has 1 aromatic carbocycles. The summed E-state index contributed by atoms with van der Waals surface area (Å²) >= 11 is 2.33. The fourth-order valence-electron chi connectivity index (χ4n) is 2.91. The van der Waals surface area contributed by atoms with Crippen LogP contribution >= 0.6 is 22.6 Å². The molecule has 1 aliphatic rings. The number of nitrogens with two attached hydrogens (primary N) is 1. The van der Waals surface area contributed by atoms with Crippen LogP contribution in [0.2, 0.25) is 0 Å². The summed E-state index contributed by atoms with van der Waals surface area (Å²) < 4.78 is 7.08. The van der Waals surface area contributed by atoms with Crippen molar-refractivity contribution < 1.29 is 4.42 Å². The Morgan fingerprint density at radius 2 is 1.90 bits per heavy atom. The summed E-state index contributed by atoms with van der Waals surface area (Å²) in [5.74, 6) is 0.907. The Hall–Kier alpha value is -1.40. The molecule has 21 heavy (non-hydrogen) atoms. The van der Waals surface area contributed by atoms with Gasteiger partial charge in [-0.2, -0.15) is 0 Å². The highest BCUT2D eigenvalue weighted by Crippen LogP contribution is 2.40. The van der Waals surface area contributed by atoms with Crippen molar-refractivity contribution in [1.82, 2.24) is 4.98 Å². The van der Waals surface area contributed by atoms with Crippen LogP contribution in [0.3, 0.4) is 0 Å². The number of hydrogen-bond donors (Lipinski definition) is 1. The van der Waals surface area contributed by atoms with Crippen LogP contribution in [0.25, 0.3) is 22.3 Å². The Labute approximate surface area is 136 Å². The lowest BCUT2D eigenvalue weighted by Gasteiger charge is -2.38. The molecule has 106 valence electrons. The normalized spacial score (nSPS) is 16.9. The minimum atomic E-state index is -0.108. The van der Waals surface area contributed by atoms with Crippen LogP contribution in [0, 0.1) is 3.57 Å². The Kier molecular flexibility index (Phi) is 3.04. The van der Waals surface area contributed by atoms with Crippen LogP contribution in [-0.4, -0.2) is 4.98 Å². The topological polar surface area (TPSA) is 52.0 Å². The summed E-state index contributed by atoms with van der Waals surface area (Å²) in [6, 6.07) is 10.5. The van der Waals surface area contributed by atoms with Gasteiger partial charge in [0, 0.05) is 22.7 Å². The molecule has 0 unspecified atom stereocenters. The van der Waals surface area contributed by atoms with E-state index in [9.17, 15) is 0 Å². The molecule has 2 N–H and O–H groups in total. The third-order valence-corrected chi connectivity index (χ3v) is 5.47. The highest BCUT2D eigenvalue weighted by molar-refractivity contribution is 14.1. The smallest absolute Gasteiger partial charge is 0.154 e. The van der Waals surface area contributed by atoms with E-state index in [1.165, 1.54) is 12.0 Å². The molecule has 1 fully saturated rings. The zero-order valence-electron chi connectivity index (χ0n) is 11.5. The summed E-state index contributed by atoms with van der Waals surface area (Å²) in [5, 5.41) is 1.11. The van der Waals surface area contributed by atoms with Crippen LogP contribution in [0.15, 0.2) is 47.1 Å². The number of pyridine rings is 1. The molecular weight excluding hydrogens is 375 g/mol. The molecule has 1 aliphatic carbocycles. The van der Waals surface area contributed by atoms with Crippen LogP contribution < -0.4 is 5.73 Å². The predicted octanol–water partition coefficient (Wildman–Crippen LogP) is 4.44. The van der Waals surface area contributed by atoms with Gasteiger partial charge in [0.05, 0.1) is 9.77 Å². The van der Waals surface area contributed by atoms with Gasteiger partial charge in [0.15, 0.2) is 5.58 Å². The van der Waals surface area contributed by atoms with E-state index in [1.807, 2.05) is 6.07 Å². The second kappa shape index (κ2) is 4.81. The summed E-state index contributed by atoms with van der Waals surface area (Å²) in [7, 11) is 0. The van der Waals surface area contributed by atoms with Gasteiger partial charge < -0.3 is 10.2 Å². The van der Waals surface area contributed by atoms with Crippen LogP contribution in [0.4, 0.5) is 0 Å². The van der Waals surface area contributed by atoms with E-state index in [2.05, 4.69) is 51.8 Å². The van der Waals surface area contributed by atoms with Crippen molar-refractivity contribution in [2.24, 2.45) is 5.73 Å². The third-order valence-electron chi connectivity index (χ3n) is 4.40. The van der Waals surface area contributed by atoms with E-state index in [0.29, 0.717) is 0 Å². The van der Waals surface area contributed by atoms with E-state index in [-0.39, 0.29) is 5.54 Å². The Morgan fingerprint density at radius 1 is 1.14 bits per heavy atom. The van der Waals surface area contributed by atoms with Gasteiger partial charge >= 0.3 is 0 Å². The lowest BCUT2D eigenvalue weighted by Crippen LogP contribution is -2.43. The van der Waals surface area contributed by atoms with E-state index < -0.39 is 0 Å². The third kappa shape index (κ3) is 2.08. The number of nitrogens with zero attached hydrogens (tertiary/aromatic N) is 1. The number of fused-ring (bicyclic) bond motifs is 1. The summed E-state index contributed by atoms with van der Waals surface area (Å²) in [5.41, 5.74) is 9.40. The van der Waals surface area contributed by atoms with Crippen molar-refractivity contribution in [3.8, 4) is 11.3 Å². The van der Waals surface area contributed by atoms with Gasteiger partial charge in [0.1, 0.15) is 5.76 Å². The summed E-state index contributed by atoms with van der Waals surface area (Å²) in [6.45, 7) is 0. The average Bonchev–Trinajstić information content (AvgIpc) is 2.83. The number of benzene rings is 1. The van der Waals surface area contributed by atoms with Gasteiger partial charge in [0.2, 0.25) is 0 Å². The molecule has 2 aromatic heterocycles. The zero-order valence-corrected chi connectivity index (χ0v) is 13.6. The zero-order chi connectivity index (χ0) is 14.4. The summed E-state index contributed by atoms with van der Waals surface area (Å²) in [4.78, 5) is 4.11. The molecule has 0 bridgehead atoms. The van der Waals surface area contributed by atoms with Crippen molar-refractivity contribution in [1.29, 1.82) is 0 Å². The molecule has 4 rings (SSSR count). The maximum absolute atomic E-state index is 6.37. The first-order valence-electron chi connectivity index (χ1n) is 7.09. The molecule has 3 nitrogen and oxygen atoms in total. The molecule has 0 radical (unpaired) electrons. The van der Waals surface area contributed by atoms with Gasteiger partial charge in [-0.25, -0.2) is 0 Å². The number of aromatic nitrogens is 1. The van der Waals surface area contributed by atoms with E-state index in [4.69, 9.17) is 10.2 Å². The van der Waals surface area contributed by atoms with Gasteiger partial charge in [-0.1, -0.05) is 24.3 Å². The van der Waals surface area contributed by atoms with Gasteiger partial charge in [-0.3, -0.25) is 4.98 Å². The first-order chi connectivity index (χ1) is 10.2. The minimum absolute atomic E-state index is 0.108. The van der Waals surface area contributed by atoms with Gasteiger partial charge in [0.25, 0.3) is 0 Å². The van der Waals surface area contributed by atoms with E-state index >= 15 is 0 Å². The van der Waals surface area contributed by atoms with Crippen molar-refractivity contribution in [2.75, 3.05) is 0 Å². The first kappa shape index (κ1) is 13.3.